The van der Waals surface area contributed by atoms with Crippen molar-refractivity contribution in [3.05, 3.63) is 28.2 Å². The summed E-state index contributed by atoms with van der Waals surface area (Å²) in [5.74, 6) is 0. The van der Waals surface area contributed by atoms with Gasteiger partial charge in [0, 0.05) is 23.0 Å². The molecule has 1 heterocycles. The fourth-order valence-electron chi connectivity index (χ4n) is 3.60. The molecule has 0 radical (unpaired) electrons. The number of benzene rings is 1. The van der Waals surface area contributed by atoms with Gasteiger partial charge in [0.2, 0.25) is 0 Å². The monoisotopic (exact) mass is 307 g/mol. The lowest BCUT2D eigenvalue weighted by Gasteiger charge is -2.52. The number of nitrogens with zero attached hydrogens (tertiary/aromatic N) is 1. The van der Waals surface area contributed by atoms with Crippen molar-refractivity contribution in [1.82, 2.24) is 0 Å². The van der Waals surface area contributed by atoms with E-state index in [0.29, 0.717) is 5.41 Å². The minimum atomic E-state index is 0.654. The summed E-state index contributed by atoms with van der Waals surface area (Å²) in [6, 6.07) is 6.72. The van der Waals surface area contributed by atoms with Crippen molar-refractivity contribution in [2.45, 2.75) is 45.4 Å². The Balaban J connectivity index is 1.70. The van der Waals surface area contributed by atoms with E-state index >= 15 is 0 Å². The van der Waals surface area contributed by atoms with Gasteiger partial charge in [-0.25, -0.2) is 0 Å². The van der Waals surface area contributed by atoms with Crippen LogP contribution in [0.4, 0.5) is 5.69 Å². The molecule has 1 aromatic carbocycles. The summed E-state index contributed by atoms with van der Waals surface area (Å²) in [5, 5.41) is 0. The number of anilines is 1. The highest BCUT2D eigenvalue weighted by Gasteiger charge is 2.42. The lowest BCUT2D eigenvalue weighted by atomic mass is 9.73. The second-order valence-corrected chi connectivity index (χ2v) is 7.08. The molecule has 1 aliphatic carbocycles. The third-order valence-electron chi connectivity index (χ3n) is 4.66. The quantitative estimate of drug-likeness (QED) is 0.712. The van der Waals surface area contributed by atoms with Crippen molar-refractivity contribution in [1.29, 1.82) is 0 Å². The lowest BCUT2D eigenvalue weighted by molar-refractivity contribution is 0.180. The van der Waals surface area contributed by atoms with Crippen LogP contribution in [0.2, 0.25) is 0 Å². The molecule has 0 N–H and O–H groups in total. The first-order chi connectivity index (χ1) is 8.69. The molecular weight excluding hydrogens is 286 g/mol. The highest BCUT2D eigenvalue weighted by atomic mass is 79.9. The molecule has 0 aromatic heterocycles. The molecule has 0 amide bonds. The average molecular weight is 308 g/mol. The van der Waals surface area contributed by atoms with Crippen LogP contribution in [0.5, 0.6) is 0 Å². The van der Waals surface area contributed by atoms with Crippen LogP contribution in [0, 0.1) is 12.3 Å². The first-order valence-electron chi connectivity index (χ1n) is 7.20. The smallest absolute Gasteiger partial charge is 0.0511 e. The van der Waals surface area contributed by atoms with Crippen LogP contribution in [0.3, 0.4) is 0 Å². The van der Waals surface area contributed by atoms with Crippen LogP contribution < -0.4 is 4.90 Å². The Morgan fingerprint density at radius 3 is 2.33 bits per heavy atom. The van der Waals surface area contributed by atoms with Crippen molar-refractivity contribution in [2.75, 3.05) is 18.0 Å². The maximum atomic E-state index is 3.71. The van der Waals surface area contributed by atoms with Crippen LogP contribution in [-0.4, -0.2) is 13.1 Å². The van der Waals surface area contributed by atoms with Gasteiger partial charge in [0.1, 0.15) is 0 Å². The average Bonchev–Trinajstić information content (AvgIpc) is 2.53. The zero-order valence-corrected chi connectivity index (χ0v) is 12.8. The van der Waals surface area contributed by atoms with E-state index in [2.05, 4.69) is 46.0 Å². The number of aryl methyl sites for hydroxylation is 1. The zero-order valence-electron chi connectivity index (χ0n) is 11.2. The van der Waals surface area contributed by atoms with Gasteiger partial charge < -0.3 is 4.90 Å². The molecule has 98 valence electrons. The Morgan fingerprint density at radius 1 is 1.06 bits per heavy atom. The summed E-state index contributed by atoms with van der Waals surface area (Å²) >= 11 is 3.71. The van der Waals surface area contributed by atoms with Crippen molar-refractivity contribution in [3.8, 4) is 0 Å². The van der Waals surface area contributed by atoms with Crippen molar-refractivity contribution >= 4 is 21.6 Å². The lowest BCUT2D eigenvalue weighted by Crippen LogP contribution is -2.56. The molecule has 2 fully saturated rings. The van der Waals surface area contributed by atoms with Gasteiger partial charge in [-0.1, -0.05) is 31.7 Å². The molecule has 0 bridgehead atoms. The van der Waals surface area contributed by atoms with E-state index in [4.69, 9.17) is 0 Å². The number of halogens is 1. The van der Waals surface area contributed by atoms with E-state index in [-0.39, 0.29) is 0 Å². The van der Waals surface area contributed by atoms with Crippen LogP contribution in [0.1, 0.15) is 44.1 Å². The number of rotatable bonds is 1. The van der Waals surface area contributed by atoms with Crippen molar-refractivity contribution < 1.29 is 0 Å². The van der Waals surface area contributed by atoms with Gasteiger partial charge in [-0.15, -0.1) is 0 Å². The molecule has 1 aromatic rings. The molecule has 1 saturated carbocycles. The predicted octanol–water partition coefficient (Wildman–Crippen LogP) is 4.92. The summed E-state index contributed by atoms with van der Waals surface area (Å²) in [6.07, 6.45) is 8.71. The molecule has 1 nitrogen and oxygen atoms in total. The third-order valence-corrected chi connectivity index (χ3v) is 5.30. The maximum absolute atomic E-state index is 3.71. The minimum Gasteiger partial charge on any atom is -0.369 e. The highest BCUT2D eigenvalue weighted by molar-refractivity contribution is 9.10. The third kappa shape index (κ3) is 2.32. The summed E-state index contributed by atoms with van der Waals surface area (Å²) in [5.41, 5.74) is 3.37. The summed E-state index contributed by atoms with van der Waals surface area (Å²) in [7, 11) is 0. The van der Waals surface area contributed by atoms with Gasteiger partial charge >= 0.3 is 0 Å². The second kappa shape index (κ2) is 4.88. The molecule has 18 heavy (non-hydrogen) atoms. The predicted molar refractivity (Wildman–Crippen MR) is 81.2 cm³/mol. The SMILES string of the molecule is Cc1ccc(N2CC3(CCCCCC3)C2)c(Br)c1. The number of hydrogen-bond donors (Lipinski definition) is 0. The van der Waals surface area contributed by atoms with E-state index in [1.807, 2.05) is 0 Å². The Bertz CT molecular complexity index is 425. The molecule has 2 heteroatoms. The second-order valence-electron chi connectivity index (χ2n) is 6.23. The Hall–Kier alpha value is -0.500. The number of hydrogen-bond acceptors (Lipinski definition) is 1. The summed E-state index contributed by atoms with van der Waals surface area (Å²) in [4.78, 5) is 2.55. The van der Waals surface area contributed by atoms with Gasteiger partial charge in [-0.2, -0.15) is 0 Å². The molecule has 0 atom stereocenters. The summed E-state index contributed by atoms with van der Waals surface area (Å²) in [6.45, 7) is 4.70. The maximum Gasteiger partial charge on any atom is 0.0511 e. The molecule has 1 aliphatic heterocycles. The van der Waals surface area contributed by atoms with Crippen LogP contribution in [0.15, 0.2) is 22.7 Å². The summed E-state index contributed by atoms with van der Waals surface area (Å²) < 4.78 is 1.26. The van der Waals surface area contributed by atoms with Crippen LogP contribution >= 0.6 is 15.9 Å². The van der Waals surface area contributed by atoms with E-state index in [9.17, 15) is 0 Å². The fourth-order valence-corrected chi connectivity index (χ4v) is 4.34. The molecule has 2 aliphatic rings. The van der Waals surface area contributed by atoms with Crippen molar-refractivity contribution in [2.24, 2.45) is 5.41 Å². The van der Waals surface area contributed by atoms with Gasteiger partial charge in [-0.05, 0) is 53.4 Å². The Labute approximate surface area is 119 Å². The molecule has 1 saturated heterocycles. The van der Waals surface area contributed by atoms with Crippen molar-refractivity contribution in [3.63, 3.8) is 0 Å². The molecular formula is C16H22BrN. The molecule has 1 spiro atoms. The normalized spacial score (nSPS) is 22.7. The van der Waals surface area contributed by atoms with Crippen LogP contribution in [0.25, 0.3) is 0 Å². The van der Waals surface area contributed by atoms with Gasteiger partial charge in [0.15, 0.2) is 0 Å². The minimum absolute atomic E-state index is 0.654. The van der Waals surface area contributed by atoms with E-state index in [0.717, 1.165) is 0 Å². The van der Waals surface area contributed by atoms with Gasteiger partial charge in [-0.3, -0.25) is 0 Å². The fraction of sp³-hybridized carbons (Fsp3) is 0.625. The van der Waals surface area contributed by atoms with E-state index < -0.39 is 0 Å². The van der Waals surface area contributed by atoms with E-state index in [1.165, 1.54) is 67.3 Å². The molecule has 3 rings (SSSR count). The Morgan fingerprint density at radius 2 is 1.72 bits per heavy atom. The standard InChI is InChI=1S/C16H22BrN/c1-13-6-7-15(14(17)10-13)18-11-16(12-18)8-4-2-3-5-9-16/h6-7,10H,2-5,8-9,11-12H2,1H3. The Kier molecular flexibility index (Phi) is 3.40. The first kappa shape index (κ1) is 12.5. The zero-order chi connectivity index (χ0) is 12.6. The van der Waals surface area contributed by atoms with Gasteiger partial charge in [0.05, 0.1) is 5.69 Å². The van der Waals surface area contributed by atoms with Gasteiger partial charge in [0.25, 0.3) is 0 Å². The molecule has 0 unspecified atom stereocenters. The van der Waals surface area contributed by atoms with E-state index in [1.54, 1.807) is 0 Å². The van der Waals surface area contributed by atoms with Crippen LogP contribution in [-0.2, 0) is 0 Å². The largest absolute Gasteiger partial charge is 0.369 e. The first-order valence-corrected chi connectivity index (χ1v) is 7.99. The highest BCUT2D eigenvalue weighted by Crippen LogP contribution is 2.45. The topological polar surface area (TPSA) is 3.24 Å².